The van der Waals surface area contributed by atoms with E-state index >= 15 is 0 Å². The summed E-state index contributed by atoms with van der Waals surface area (Å²) in [6.45, 7) is -0.696. The molecular weight excluding hydrogens is 449 g/mol. The van der Waals surface area contributed by atoms with Crippen LogP contribution in [-0.2, 0) is 9.84 Å². The van der Waals surface area contributed by atoms with Crippen LogP contribution in [0.2, 0.25) is 10.0 Å². The SMILES string of the molecule is CN(CCO)c1c(S(=O)(=O)C(F)(F)F)ccc(Oc2cc(F)cc(Cl)c2)c1Cl. The van der Waals surface area contributed by atoms with Crippen molar-refractivity contribution < 1.29 is 35.8 Å². The Hall–Kier alpha value is -1.75. The fourth-order valence-corrected chi connectivity index (χ4v) is 3.91. The average Bonchev–Trinajstić information content (AvgIpc) is 2.54. The number of sulfone groups is 1. The first-order valence-electron chi connectivity index (χ1n) is 7.48. The van der Waals surface area contributed by atoms with Gasteiger partial charge in [0.2, 0.25) is 0 Å². The Morgan fingerprint density at radius 2 is 1.82 bits per heavy atom. The zero-order valence-corrected chi connectivity index (χ0v) is 16.4. The van der Waals surface area contributed by atoms with Crippen molar-refractivity contribution in [1.29, 1.82) is 0 Å². The van der Waals surface area contributed by atoms with Crippen molar-refractivity contribution in [3.05, 3.63) is 46.2 Å². The summed E-state index contributed by atoms with van der Waals surface area (Å²) in [7, 11) is -4.49. The number of ether oxygens (including phenoxy) is 1. The van der Waals surface area contributed by atoms with Crippen molar-refractivity contribution >= 4 is 38.7 Å². The summed E-state index contributed by atoms with van der Waals surface area (Å²) in [5.41, 5.74) is -6.09. The minimum absolute atomic E-state index is 0.0000128. The highest BCUT2D eigenvalue weighted by molar-refractivity contribution is 7.92. The van der Waals surface area contributed by atoms with Gasteiger partial charge in [-0.2, -0.15) is 13.2 Å². The van der Waals surface area contributed by atoms with Crippen LogP contribution < -0.4 is 9.64 Å². The Morgan fingerprint density at radius 3 is 2.36 bits per heavy atom. The predicted octanol–water partition coefficient (Wildman–Crippen LogP) is 4.65. The van der Waals surface area contributed by atoms with Crippen LogP contribution >= 0.6 is 23.2 Å². The van der Waals surface area contributed by atoms with E-state index in [-0.39, 0.29) is 23.1 Å². The molecule has 0 saturated carbocycles. The highest BCUT2D eigenvalue weighted by Crippen LogP contribution is 2.44. The molecule has 0 aliphatic heterocycles. The molecule has 2 aromatic rings. The fourth-order valence-electron chi connectivity index (χ4n) is 2.28. The molecule has 5 nitrogen and oxygen atoms in total. The molecule has 0 aliphatic carbocycles. The van der Waals surface area contributed by atoms with Gasteiger partial charge >= 0.3 is 5.51 Å². The lowest BCUT2D eigenvalue weighted by Gasteiger charge is -2.24. The van der Waals surface area contributed by atoms with Gasteiger partial charge in [-0.05, 0) is 24.3 Å². The van der Waals surface area contributed by atoms with E-state index in [1.165, 1.54) is 13.1 Å². The van der Waals surface area contributed by atoms with Crippen LogP contribution in [0.25, 0.3) is 0 Å². The van der Waals surface area contributed by atoms with Crippen molar-refractivity contribution in [3.63, 3.8) is 0 Å². The van der Waals surface area contributed by atoms with E-state index in [2.05, 4.69) is 0 Å². The molecule has 2 aromatic carbocycles. The monoisotopic (exact) mass is 461 g/mol. The second kappa shape index (κ2) is 8.32. The molecule has 28 heavy (non-hydrogen) atoms. The maximum Gasteiger partial charge on any atom is 0.501 e. The van der Waals surface area contributed by atoms with Gasteiger partial charge in [-0.1, -0.05) is 23.2 Å². The van der Waals surface area contributed by atoms with Crippen LogP contribution in [0.3, 0.4) is 0 Å². The van der Waals surface area contributed by atoms with E-state index in [9.17, 15) is 26.0 Å². The van der Waals surface area contributed by atoms with Crippen molar-refractivity contribution in [3.8, 4) is 11.5 Å². The van der Waals surface area contributed by atoms with Crippen LogP contribution in [0, 0.1) is 5.82 Å². The molecular formula is C16H13Cl2F4NO4S. The zero-order chi connectivity index (χ0) is 21.3. The Balaban J connectivity index is 2.64. The molecule has 0 spiro atoms. The first-order chi connectivity index (χ1) is 12.9. The molecule has 12 heteroatoms. The number of nitrogens with zero attached hydrogens (tertiary/aromatic N) is 1. The van der Waals surface area contributed by atoms with Gasteiger partial charge in [0.25, 0.3) is 9.84 Å². The third-order valence-electron chi connectivity index (χ3n) is 3.52. The summed E-state index contributed by atoms with van der Waals surface area (Å²) in [6, 6.07) is 4.79. The number of likely N-dealkylation sites (N-methyl/N-ethyl adjacent to an activating group) is 1. The molecule has 1 N–H and O–H groups in total. The molecule has 0 fully saturated rings. The molecule has 2 rings (SSSR count). The van der Waals surface area contributed by atoms with Crippen LogP contribution in [0.5, 0.6) is 11.5 Å². The Bertz CT molecular complexity index is 963. The number of halogens is 6. The third-order valence-corrected chi connectivity index (χ3v) is 5.62. The smallest absolute Gasteiger partial charge is 0.456 e. The van der Waals surface area contributed by atoms with Gasteiger partial charge in [0, 0.05) is 24.7 Å². The van der Waals surface area contributed by atoms with Crippen molar-refractivity contribution in [1.82, 2.24) is 0 Å². The van der Waals surface area contributed by atoms with E-state index in [0.717, 1.165) is 23.1 Å². The van der Waals surface area contributed by atoms with Gasteiger partial charge in [-0.15, -0.1) is 0 Å². The Kier molecular flexibility index (Phi) is 6.70. The average molecular weight is 462 g/mol. The quantitative estimate of drug-likeness (QED) is 0.634. The molecule has 0 radical (unpaired) electrons. The van der Waals surface area contributed by atoms with Gasteiger partial charge in [0.15, 0.2) is 0 Å². The minimum atomic E-state index is -5.74. The Labute approximate surface area is 168 Å². The van der Waals surface area contributed by atoms with Crippen molar-refractivity contribution in [2.75, 3.05) is 25.1 Å². The maximum absolute atomic E-state index is 13.5. The first kappa shape index (κ1) is 22.5. The number of aliphatic hydroxyl groups is 1. The molecule has 0 aromatic heterocycles. The van der Waals surface area contributed by atoms with E-state index in [4.69, 9.17) is 33.0 Å². The van der Waals surface area contributed by atoms with Gasteiger partial charge < -0.3 is 14.7 Å². The summed E-state index contributed by atoms with van der Waals surface area (Å²) in [5, 5.41) is 8.59. The van der Waals surface area contributed by atoms with Crippen LogP contribution in [0.1, 0.15) is 0 Å². The lowest BCUT2D eigenvalue weighted by atomic mass is 10.2. The number of aliphatic hydroxyl groups excluding tert-OH is 1. The van der Waals surface area contributed by atoms with Gasteiger partial charge in [-0.3, -0.25) is 0 Å². The zero-order valence-electron chi connectivity index (χ0n) is 14.1. The summed E-state index contributed by atoms with van der Waals surface area (Å²) < 4.78 is 81.7. The lowest BCUT2D eigenvalue weighted by molar-refractivity contribution is -0.0435. The van der Waals surface area contributed by atoms with Gasteiger partial charge in [-0.25, -0.2) is 12.8 Å². The molecule has 154 valence electrons. The van der Waals surface area contributed by atoms with Gasteiger partial charge in [0.05, 0.1) is 12.3 Å². The largest absolute Gasteiger partial charge is 0.501 e. The third kappa shape index (κ3) is 4.62. The summed E-state index contributed by atoms with van der Waals surface area (Å²) >= 11 is 11.8. The molecule has 0 amide bonds. The van der Waals surface area contributed by atoms with E-state index in [0.29, 0.717) is 6.07 Å². The van der Waals surface area contributed by atoms with Crippen molar-refractivity contribution in [2.24, 2.45) is 0 Å². The number of rotatable bonds is 6. The second-order valence-electron chi connectivity index (χ2n) is 5.53. The number of hydrogen-bond acceptors (Lipinski definition) is 5. The van der Waals surface area contributed by atoms with E-state index in [1.54, 1.807) is 0 Å². The molecule has 0 saturated heterocycles. The number of benzene rings is 2. The predicted molar refractivity (Wildman–Crippen MR) is 96.5 cm³/mol. The minimum Gasteiger partial charge on any atom is -0.456 e. The molecule has 0 atom stereocenters. The van der Waals surface area contributed by atoms with E-state index < -0.39 is 43.4 Å². The molecule has 0 aliphatic rings. The lowest BCUT2D eigenvalue weighted by Crippen LogP contribution is -2.28. The standard InChI is InChI=1S/C16H13Cl2F4NO4S/c1-23(4-5-24)15-13(28(25,26)16(20,21)22)3-2-12(14(15)18)27-11-7-9(17)6-10(19)8-11/h2-3,6-8,24H,4-5H2,1H3. The van der Waals surface area contributed by atoms with Crippen LogP contribution in [-0.4, -0.2) is 39.2 Å². The van der Waals surface area contributed by atoms with Crippen molar-refractivity contribution in [2.45, 2.75) is 10.4 Å². The van der Waals surface area contributed by atoms with E-state index in [1.807, 2.05) is 0 Å². The Morgan fingerprint density at radius 1 is 1.18 bits per heavy atom. The topological polar surface area (TPSA) is 66.8 Å². The fraction of sp³-hybridized carbons (Fsp3) is 0.250. The molecule has 0 bridgehead atoms. The molecule has 0 heterocycles. The maximum atomic E-state index is 13.5. The number of anilines is 1. The number of alkyl halides is 3. The summed E-state index contributed by atoms with van der Waals surface area (Å²) in [6.07, 6.45) is 0. The normalized spacial score (nSPS) is 12.1. The second-order valence-corrected chi connectivity index (χ2v) is 8.25. The highest BCUT2D eigenvalue weighted by Gasteiger charge is 2.48. The first-order valence-corrected chi connectivity index (χ1v) is 9.72. The van der Waals surface area contributed by atoms with Crippen LogP contribution in [0.4, 0.5) is 23.2 Å². The summed E-state index contributed by atoms with van der Waals surface area (Å²) in [5.74, 6) is -1.06. The highest BCUT2D eigenvalue weighted by atomic mass is 35.5. The molecule has 0 unspecified atom stereocenters. The number of hydrogen-bond donors (Lipinski definition) is 1. The van der Waals surface area contributed by atoms with Crippen LogP contribution in [0.15, 0.2) is 35.2 Å². The van der Waals surface area contributed by atoms with Gasteiger partial charge in [0.1, 0.15) is 27.2 Å². The summed E-state index contributed by atoms with van der Waals surface area (Å²) in [4.78, 5) is -0.0719.